The van der Waals surface area contributed by atoms with Crippen LogP contribution in [0.2, 0.25) is 0 Å². The van der Waals surface area contributed by atoms with Crippen LogP contribution in [-0.2, 0) is 0 Å². The van der Waals surface area contributed by atoms with Crippen molar-refractivity contribution < 1.29 is 4.42 Å². The lowest BCUT2D eigenvalue weighted by Crippen LogP contribution is -1.81. The molecular formula is C15H9NO. The molecule has 2 heterocycles. The first-order valence-corrected chi connectivity index (χ1v) is 5.57. The third kappa shape index (κ3) is 1.12. The first-order valence-electron chi connectivity index (χ1n) is 5.57. The summed E-state index contributed by atoms with van der Waals surface area (Å²) in [6.45, 7) is 0. The van der Waals surface area contributed by atoms with Gasteiger partial charge in [-0.15, -0.1) is 0 Å². The Hall–Kier alpha value is -2.35. The molecule has 2 aromatic carbocycles. The van der Waals surface area contributed by atoms with E-state index in [2.05, 4.69) is 23.2 Å². The van der Waals surface area contributed by atoms with Crippen LogP contribution in [0.4, 0.5) is 0 Å². The second-order valence-corrected chi connectivity index (χ2v) is 4.14. The van der Waals surface area contributed by atoms with Crippen molar-refractivity contribution in [1.82, 2.24) is 4.98 Å². The van der Waals surface area contributed by atoms with Gasteiger partial charge >= 0.3 is 0 Å². The molecule has 80 valence electrons. The molecule has 4 aromatic rings. The molecule has 0 atom stereocenters. The molecule has 0 aliphatic heterocycles. The van der Waals surface area contributed by atoms with E-state index in [1.165, 1.54) is 10.8 Å². The summed E-state index contributed by atoms with van der Waals surface area (Å²) in [5, 5.41) is 4.56. The van der Waals surface area contributed by atoms with E-state index >= 15 is 0 Å². The highest BCUT2D eigenvalue weighted by molar-refractivity contribution is 6.16. The van der Waals surface area contributed by atoms with E-state index < -0.39 is 0 Å². The Balaban J connectivity index is 2.41. The number of hydrogen-bond donors (Lipinski definition) is 0. The zero-order chi connectivity index (χ0) is 11.2. The molecule has 0 saturated carbocycles. The number of rotatable bonds is 0. The van der Waals surface area contributed by atoms with Gasteiger partial charge in [0.1, 0.15) is 5.58 Å². The summed E-state index contributed by atoms with van der Waals surface area (Å²) in [7, 11) is 0. The van der Waals surface area contributed by atoms with Crippen LogP contribution in [0, 0.1) is 0 Å². The summed E-state index contributed by atoms with van der Waals surface area (Å²) in [5.74, 6) is 0. The van der Waals surface area contributed by atoms with Gasteiger partial charge in [-0.05, 0) is 22.9 Å². The minimum absolute atomic E-state index is 0.923. The Morgan fingerprint density at radius 1 is 0.882 bits per heavy atom. The average molecular weight is 219 g/mol. The van der Waals surface area contributed by atoms with Gasteiger partial charge in [0.25, 0.3) is 0 Å². The molecule has 0 fully saturated rings. The van der Waals surface area contributed by atoms with Crippen molar-refractivity contribution in [2.45, 2.75) is 0 Å². The average Bonchev–Trinajstić information content (AvgIpc) is 2.86. The maximum Gasteiger partial charge on any atom is 0.145 e. The van der Waals surface area contributed by atoms with Crippen molar-refractivity contribution >= 4 is 32.6 Å². The van der Waals surface area contributed by atoms with Gasteiger partial charge in [0.15, 0.2) is 0 Å². The van der Waals surface area contributed by atoms with Gasteiger partial charge in [-0.25, -0.2) is 0 Å². The summed E-state index contributed by atoms with van der Waals surface area (Å²) in [5.41, 5.74) is 1.90. The van der Waals surface area contributed by atoms with E-state index in [0.717, 1.165) is 21.9 Å². The predicted molar refractivity (Wildman–Crippen MR) is 69.0 cm³/mol. The molecule has 17 heavy (non-hydrogen) atoms. The normalized spacial score (nSPS) is 11.5. The molecule has 0 saturated heterocycles. The van der Waals surface area contributed by atoms with Gasteiger partial charge in [0.05, 0.1) is 17.2 Å². The van der Waals surface area contributed by atoms with Crippen LogP contribution in [0.3, 0.4) is 0 Å². The van der Waals surface area contributed by atoms with Crippen molar-refractivity contribution in [2.24, 2.45) is 0 Å². The van der Waals surface area contributed by atoms with Crippen LogP contribution < -0.4 is 0 Å². The lowest BCUT2D eigenvalue weighted by atomic mass is 10.0. The van der Waals surface area contributed by atoms with Crippen molar-refractivity contribution in [2.75, 3.05) is 0 Å². The maximum absolute atomic E-state index is 5.60. The SMILES string of the molecule is c1ccc2c(c1)ccc1ncc3ccoc3c12. The molecular weight excluding hydrogens is 210 g/mol. The molecule has 0 unspecified atom stereocenters. The molecule has 2 heteroatoms. The van der Waals surface area contributed by atoms with Crippen LogP contribution in [0.5, 0.6) is 0 Å². The van der Waals surface area contributed by atoms with Gasteiger partial charge in [-0.2, -0.15) is 0 Å². The van der Waals surface area contributed by atoms with Gasteiger partial charge in [-0.3, -0.25) is 4.98 Å². The fraction of sp³-hybridized carbons (Fsp3) is 0. The quantitative estimate of drug-likeness (QED) is 0.415. The summed E-state index contributed by atoms with van der Waals surface area (Å²) in [6, 6.07) is 14.4. The minimum Gasteiger partial charge on any atom is -0.464 e. The molecule has 0 aliphatic rings. The molecule has 2 nitrogen and oxygen atoms in total. The number of pyridine rings is 1. The maximum atomic E-state index is 5.60. The van der Waals surface area contributed by atoms with Crippen molar-refractivity contribution in [1.29, 1.82) is 0 Å². The highest BCUT2D eigenvalue weighted by Gasteiger charge is 2.07. The van der Waals surface area contributed by atoms with E-state index in [1.54, 1.807) is 6.26 Å². The van der Waals surface area contributed by atoms with E-state index in [4.69, 9.17) is 4.42 Å². The minimum atomic E-state index is 0.923. The van der Waals surface area contributed by atoms with E-state index in [9.17, 15) is 0 Å². The van der Waals surface area contributed by atoms with Crippen molar-refractivity contribution in [3.05, 3.63) is 54.9 Å². The van der Waals surface area contributed by atoms with Gasteiger partial charge in [0, 0.05) is 11.6 Å². The molecule has 0 spiro atoms. The Bertz CT molecular complexity index is 845. The molecule has 0 amide bonds. The van der Waals surface area contributed by atoms with E-state index in [1.807, 2.05) is 30.5 Å². The third-order valence-electron chi connectivity index (χ3n) is 3.17. The van der Waals surface area contributed by atoms with Crippen LogP contribution in [0.1, 0.15) is 0 Å². The van der Waals surface area contributed by atoms with Crippen molar-refractivity contribution in [3.8, 4) is 0 Å². The Labute approximate surface area is 97.5 Å². The first kappa shape index (κ1) is 8.76. The van der Waals surface area contributed by atoms with Crippen LogP contribution in [0.25, 0.3) is 32.6 Å². The van der Waals surface area contributed by atoms with Gasteiger partial charge < -0.3 is 4.42 Å². The third-order valence-corrected chi connectivity index (χ3v) is 3.17. The fourth-order valence-corrected chi connectivity index (χ4v) is 2.37. The smallest absolute Gasteiger partial charge is 0.145 e. The van der Waals surface area contributed by atoms with E-state index in [-0.39, 0.29) is 0 Å². The number of fused-ring (bicyclic) bond motifs is 5. The van der Waals surface area contributed by atoms with Crippen LogP contribution >= 0.6 is 0 Å². The molecule has 4 rings (SSSR count). The Morgan fingerprint density at radius 2 is 1.82 bits per heavy atom. The topological polar surface area (TPSA) is 26.0 Å². The standard InChI is InChI=1S/C15H9NO/c1-2-4-12-10(3-1)5-6-13-14(12)15-11(9-16-13)7-8-17-15/h1-9H. The fourth-order valence-electron chi connectivity index (χ4n) is 2.37. The van der Waals surface area contributed by atoms with E-state index in [0.29, 0.717) is 0 Å². The summed E-state index contributed by atoms with van der Waals surface area (Å²) < 4.78 is 5.60. The zero-order valence-electron chi connectivity index (χ0n) is 9.05. The van der Waals surface area contributed by atoms with Gasteiger partial charge in [-0.1, -0.05) is 30.3 Å². The Kier molecular flexibility index (Phi) is 1.59. The summed E-state index contributed by atoms with van der Waals surface area (Å²) >= 11 is 0. The number of nitrogens with zero attached hydrogens (tertiary/aromatic N) is 1. The molecule has 0 radical (unpaired) electrons. The number of aromatic nitrogens is 1. The van der Waals surface area contributed by atoms with Crippen LogP contribution in [0.15, 0.2) is 59.3 Å². The molecule has 2 aromatic heterocycles. The highest BCUT2D eigenvalue weighted by atomic mass is 16.3. The highest BCUT2D eigenvalue weighted by Crippen LogP contribution is 2.30. The van der Waals surface area contributed by atoms with Gasteiger partial charge in [0.2, 0.25) is 0 Å². The lowest BCUT2D eigenvalue weighted by molar-refractivity contribution is 0.619. The molecule has 0 aliphatic carbocycles. The lowest BCUT2D eigenvalue weighted by Gasteiger charge is -2.03. The first-order chi connectivity index (χ1) is 8.43. The Morgan fingerprint density at radius 3 is 2.82 bits per heavy atom. The number of benzene rings is 2. The monoisotopic (exact) mass is 219 g/mol. The van der Waals surface area contributed by atoms with Crippen LogP contribution in [-0.4, -0.2) is 4.98 Å². The predicted octanol–water partition coefficient (Wildman–Crippen LogP) is 4.13. The second kappa shape index (κ2) is 3.08. The molecule has 0 N–H and O–H groups in total. The zero-order valence-corrected chi connectivity index (χ0v) is 9.05. The summed E-state index contributed by atoms with van der Waals surface area (Å²) in [6.07, 6.45) is 3.57. The molecule has 0 bridgehead atoms. The largest absolute Gasteiger partial charge is 0.464 e. The van der Waals surface area contributed by atoms with Crippen molar-refractivity contribution in [3.63, 3.8) is 0 Å². The number of furan rings is 1. The summed E-state index contributed by atoms with van der Waals surface area (Å²) in [4.78, 5) is 4.47. The number of hydrogen-bond acceptors (Lipinski definition) is 2. The second-order valence-electron chi connectivity index (χ2n) is 4.14.